The van der Waals surface area contributed by atoms with E-state index in [4.69, 9.17) is 21.1 Å². The lowest BCUT2D eigenvalue weighted by Gasteiger charge is -2.18. The molecule has 1 unspecified atom stereocenters. The number of halogens is 1. The molecule has 1 atom stereocenters. The summed E-state index contributed by atoms with van der Waals surface area (Å²) in [5.41, 5.74) is 1.11. The number of amides is 2. The van der Waals surface area contributed by atoms with Crippen molar-refractivity contribution in [3.63, 3.8) is 0 Å². The molecule has 0 spiro atoms. The van der Waals surface area contributed by atoms with E-state index in [9.17, 15) is 9.59 Å². The standard InChI is InChI=1S/C19H19ClN2O4/c1-25-15-6-4-14(5-7-15)22-11-13(10-18(22)23)21-19(24)16-9-12(20)3-8-17(16)26-2/h3-9,13H,10-11H2,1-2H3,(H,21,24). The summed E-state index contributed by atoms with van der Waals surface area (Å²) in [5, 5.41) is 3.33. The van der Waals surface area contributed by atoms with Crippen molar-refractivity contribution in [2.75, 3.05) is 25.7 Å². The van der Waals surface area contributed by atoms with Gasteiger partial charge >= 0.3 is 0 Å². The molecule has 3 rings (SSSR count). The van der Waals surface area contributed by atoms with Crippen molar-refractivity contribution in [1.82, 2.24) is 5.32 Å². The van der Waals surface area contributed by atoms with E-state index in [0.29, 0.717) is 22.9 Å². The second-order valence-electron chi connectivity index (χ2n) is 5.92. The molecule has 1 aliphatic heterocycles. The number of carbonyl (C=O) groups excluding carboxylic acids is 2. The van der Waals surface area contributed by atoms with Gasteiger partial charge in [0.05, 0.1) is 25.8 Å². The lowest BCUT2D eigenvalue weighted by molar-refractivity contribution is -0.117. The van der Waals surface area contributed by atoms with E-state index in [-0.39, 0.29) is 24.3 Å². The van der Waals surface area contributed by atoms with E-state index in [1.54, 1.807) is 42.3 Å². The van der Waals surface area contributed by atoms with E-state index in [1.807, 2.05) is 12.1 Å². The summed E-state index contributed by atoms with van der Waals surface area (Å²) < 4.78 is 10.3. The van der Waals surface area contributed by atoms with Gasteiger partial charge in [-0.15, -0.1) is 0 Å². The van der Waals surface area contributed by atoms with Crippen molar-refractivity contribution >= 4 is 29.1 Å². The third-order valence-electron chi connectivity index (χ3n) is 4.25. The van der Waals surface area contributed by atoms with E-state index in [0.717, 1.165) is 11.4 Å². The van der Waals surface area contributed by atoms with Crippen molar-refractivity contribution in [3.05, 3.63) is 53.1 Å². The van der Waals surface area contributed by atoms with Crippen LogP contribution in [0.3, 0.4) is 0 Å². The average Bonchev–Trinajstić information content (AvgIpc) is 3.01. The molecular weight excluding hydrogens is 356 g/mol. The molecule has 0 saturated carbocycles. The zero-order chi connectivity index (χ0) is 18.7. The third kappa shape index (κ3) is 3.75. The van der Waals surface area contributed by atoms with Crippen molar-refractivity contribution in [1.29, 1.82) is 0 Å². The van der Waals surface area contributed by atoms with Crippen LogP contribution in [0.2, 0.25) is 5.02 Å². The molecule has 2 aromatic carbocycles. The Labute approximate surface area is 156 Å². The molecule has 1 N–H and O–H groups in total. The predicted octanol–water partition coefficient (Wildman–Crippen LogP) is 2.89. The molecule has 0 bridgehead atoms. The number of nitrogens with zero attached hydrogens (tertiary/aromatic N) is 1. The van der Waals surface area contributed by atoms with Gasteiger partial charge in [-0.05, 0) is 42.5 Å². The Morgan fingerprint density at radius 2 is 1.88 bits per heavy atom. The summed E-state index contributed by atoms with van der Waals surface area (Å²) in [4.78, 5) is 26.6. The van der Waals surface area contributed by atoms with Crippen LogP contribution < -0.4 is 19.7 Å². The zero-order valence-electron chi connectivity index (χ0n) is 14.5. The molecule has 1 aliphatic rings. The van der Waals surface area contributed by atoms with Crippen molar-refractivity contribution in [3.8, 4) is 11.5 Å². The first-order valence-corrected chi connectivity index (χ1v) is 8.48. The molecule has 2 aromatic rings. The number of ether oxygens (including phenoxy) is 2. The van der Waals surface area contributed by atoms with E-state index in [1.165, 1.54) is 7.11 Å². The van der Waals surface area contributed by atoms with Crippen LogP contribution in [0.25, 0.3) is 0 Å². The molecule has 26 heavy (non-hydrogen) atoms. The lowest BCUT2D eigenvalue weighted by atomic mass is 10.1. The van der Waals surface area contributed by atoms with Gasteiger partial charge in [-0.1, -0.05) is 11.6 Å². The summed E-state index contributed by atoms with van der Waals surface area (Å²) in [5.74, 6) is 0.791. The van der Waals surface area contributed by atoms with Gasteiger partial charge in [-0.3, -0.25) is 9.59 Å². The monoisotopic (exact) mass is 374 g/mol. The summed E-state index contributed by atoms with van der Waals surface area (Å²) >= 11 is 5.98. The number of hydrogen-bond donors (Lipinski definition) is 1. The van der Waals surface area contributed by atoms with E-state index in [2.05, 4.69) is 5.32 Å². The number of hydrogen-bond acceptors (Lipinski definition) is 4. The molecule has 136 valence electrons. The van der Waals surface area contributed by atoms with Gasteiger partial charge in [-0.2, -0.15) is 0 Å². The Kier molecular flexibility index (Phi) is 5.32. The second-order valence-corrected chi connectivity index (χ2v) is 6.36. The molecule has 6 nitrogen and oxygen atoms in total. The Balaban J connectivity index is 1.71. The van der Waals surface area contributed by atoms with Crippen molar-refractivity contribution < 1.29 is 19.1 Å². The van der Waals surface area contributed by atoms with E-state index < -0.39 is 0 Å². The highest BCUT2D eigenvalue weighted by molar-refractivity contribution is 6.31. The zero-order valence-corrected chi connectivity index (χ0v) is 15.2. The molecular formula is C19H19ClN2O4. The maximum Gasteiger partial charge on any atom is 0.255 e. The van der Waals surface area contributed by atoms with Crippen LogP contribution >= 0.6 is 11.6 Å². The average molecular weight is 375 g/mol. The number of benzene rings is 2. The van der Waals surface area contributed by atoms with Gasteiger partial charge in [0.1, 0.15) is 11.5 Å². The lowest BCUT2D eigenvalue weighted by Crippen LogP contribution is -2.37. The molecule has 1 fully saturated rings. The number of anilines is 1. The fourth-order valence-corrected chi connectivity index (χ4v) is 3.11. The number of carbonyl (C=O) groups is 2. The first kappa shape index (κ1) is 18.1. The van der Waals surface area contributed by atoms with Crippen LogP contribution in [0.15, 0.2) is 42.5 Å². The summed E-state index contributed by atoms with van der Waals surface area (Å²) in [7, 11) is 3.08. The Morgan fingerprint density at radius 1 is 1.15 bits per heavy atom. The molecule has 0 aliphatic carbocycles. The largest absolute Gasteiger partial charge is 0.497 e. The van der Waals surface area contributed by atoms with Crippen molar-refractivity contribution in [2.45, 2.75) is 12.5 Å². The highest BCUT2D eigenvalue weighted by atomic mass is 35.5. The fourth-order valence-electron chi connectivity index (χ4n) is 2.94. The fraction of sp³-hybridized carbons (Fsp3) is 0.263. The topological polar surface area (TPSA) is 67.9 Å². The molecule has 2 amide bonds. The second kappa shape index (κ2) is 7.66. The van der Waals surface area contributed by atoms with Crippen LogP contribution in [0, 0.1) is 0 Å². The highest BCUT2D eigenvalue weighted by Gasteiger charge is 2.32. The van der Waals surface area contributed by atoms with Crippen LogP contribution in [0.5, 0.6) is 11.5 Å². The van der Waals surface area contributed by atoms with Gasteiger partial charge < -0.3 is 19.7 Å². The number of nitrogens with one attached hydrogen (secondary N) is 1. The predicted molar refractivity (Wildman–Crippen MR) is 99.2 cm³/mol. The van der Waals surface area contributed by atoms with E-state index >= 15 is 0 Å². The normalized spacial score (nSPS) is 16.5. The number of methoxy groups -OCH3 is 2. The van der Waals surface area contributed by atoms with Gasteiger partial charge in [0.15, 0.2) is 0 Å². The van der Waals surface area contributed by atoms with Crippen LogP contribution in [0.1, 0.15) is 16.8 Å². The minimum absolute atomic E-state index is 0.0430. The van der Waals surface area contributed by atoms with Gasteiger partial charge in [-0.25, -0.2) is 0 Å². The molecule has 0 aromatic heterocycles. The highest BCUT2D eigenvalue weighted by Crippen LogP contribution is 2.26. The SMILES string of the molecule is COc1ccc(N2CC(NC(=O)c3cc(Cl)ccc3OC)CC2=O)cc1. The maximum atomic E-state index is 12.6. The Bertz CT molecular complexity index is 823. The maximum absolute atomic E-state index is 12.6. The molecule has 0 radical (unpaired) electrons. The van der Waals surface area contributed by atoms with Crippen molar-refractivity contribution in [2.24, 2.45) is 0 Å². The minimum Gasteiger partial charge on any atom is -0.497 e. The Hall–Kier alpha value is -2.73. The van der Waals surface area contributed by atoms with Gasteiger partial charge in [0.25, 0.3) is 5.91 Å². The first-order chi connectivity index (χ1) is 12.5. The van der Waals surface area contributed by atoms with Crippen LogP contribution in [-0.4, -0.2) is 38.6 Å². The summed E-state index contributed by atoms with van der Waals surface area (Å²) in [6.07, 6.45) is 0.237. The molecule has 1 saturated heterocycles. The first-order valence-electron chi connectivity index (χ1n) is 8.10. The summed E-state index contributed by atoms with van der Waals surface area (Å²) in [6.45, 7) is 0.403. The van der Waals surface area contributed by atoms with Crippen LogP contribution in [0.4, 0.5) is 5.69 Å². The van der Waals surface area contributed by atoms with Crippen LogP contribution in [-0.2, 0) is 4.79 Å². The molecule has 7 heteroatoms. The van der Waals surface area contributed by atoms with Gasteiger partial charge in [0.2, 0.25) is 5.91 Å². The number of rotatable bonds is 5. The quantitative estimate of drug-likeness (QED) is 0.873. The Morgan fingerprint density at radius 3 is 2.54 bits per heavy atom. The van der Waals surface area contributed by atoms with Gasteiger partial charge in [0, 0.05) is 23.7 Å². The third-order valence-corrected chi connectivity index (χ3v) is 4.49. The minimum atomic E-state index is -0.321. The smallest absolute Gasteiger partial charge is 0.255 e. The molecule has 1 heterocycles. The summed E-state index contributed by atoms with van der Waals surface area (Å²) in [6, 6.07) is 11.8.